The van der Waals surface area contributed by atoms with Crippen LogP contribution in [-0.4, -0.2) is 26.0 Å². The topological polar surface area (TPSA) is 120 Å². The van der Waals surface area contributed by atoms with E-state index in [4.69, 9.17) is 0 Å². The highest BCUT2D eigenvalue weighted by Crippen LogP contribution is 2.39. The third-order valence-electron chi connectivity index (χ3n) is 6.11. The summed E-state index contributed by atoms with van der Waals surface area (Å²) in [4.78, 5) is 24.2. The molecule has 5 rings (SSSR count). The highest BCUT2D eigenvalue weighted by atomic mass is 19.1. The van der Waals surface area contributed by atoms with Crippen molar-refractivity contribution in [3.8, 4) is 11.4 Å². The standard InChI is InChI=1S/C27H21FN4O4/c1-15-24(26(34)32(31-15)21-5-2-4-18(14-21)27(35)36)30-29-23-7-3-6-22(25(23)33)17-9-8-16-10-11-20(28)13-19(16)12-17/h2-7,10-14,31,33H,8-9H2,1H3,(H,35,36). The third kappa shape index (κ3) is 4.22. The second-order valence-corrected chi connectivity index (χ2v) is 8.47. The minimum absolute atomic E-state index is 0.0295. The first-order valence-electron chi connectivity index (χ1n) is 11.2. The molecule has 1 aliphatic carbocycles. The first kappa shape index (κ1) is 23.0. The van der Waals surface area contributed by atoms with E-state index in [9.17, 15) is 24.2 Å². The molecule has 9 heteroatoms. The van der Waals surface area contributed by atoms with Gasteiger partial charge in [0.25, 0.3) is 5.56 Å². The molecular formula is C27H21FN4O4. The van der Waals surface area contributed by atoms with E-state index in [-0.39, 0.29) is 28.5 Å². The molecule has 0 radical (unpaired) electrons. The number of azo groups is 1. The van der Waals surface area contributed by atoms with Gasteiger partial charge in [-0.15, -0.1) is 10.2 Å². The number of para-hydroxylation sites is 1. The van der Waals surface area contributed by atoms with Crippen molar-refractivity contribution in [3.63, 3.8) is 0 Å². The molecule has 3 aromatic carbocycles. The summed E-state index contributed by atoms with van der Waals surface area (Å²) in [5.74, 6) is -1.51. The van der Waals surface area contributed by atoms with E-state index in [0.29, 0.717) is 23.4 Å². The van der Waals surface area contributed by atoms with Crippen molar-refractivity contribution in [1.82, 2.24) is 9.78 Å². The van der Waals surface area contributed by atoms with Crippen LogP contribution in [0.1, 0.15) is 39.2 Å². The molecule has 0 unspecified atom stereocenters. The van der Waals surface area contributed by atoms with E-state index in [0.717, 1.165) is 23.1 Å². The van der Waals surface area contributed by atoms with E-state index >= 15 is 0 Å². The van der Waals surface area contributed by atoms with Gasteiger partial charge >= 0.3 is 5.97 Å². The lowest BCUT2D eigenvalue weighted by Crippen LogP contribution is -2.14. The minimum Gasteiger partial charge on any atom is -0.505 e. The number of phenolic OH excluding ortho intramolecular Hbond substituents is 1. The number of fused-ring (bicyclic) bond motifs is 1. The summed E-state index contributed by atoms with van der Waals surface area (Å²) in [6.07, 6.45) is 3.25. The van der Waals surface area contributed by atoms with E-state index in [1.165, 1.54) is 28.9 Å². The molecule has 1 aromatic heterocycles. The largest absolute Gasteiger partial charge is 0.505 e. The first-order chi connectivity index (χ1) is 17.3. The fourth-order valence-electron chi connectivity index (χ4n) is 4.26. The van der Waals surface area contributed by atoms with E-state index < -0.39 is 11.5 Å². The maximum Gasteiger partial charge on any atom is 0.335 e. The fourth-order valence-corrected chi connectivity index (χ4v) is 4.26. The molecule has 0 aliphatic heterocycles. The maximum absolute atomic E-state index is 13.7. The normalized spacial score (nSPS) is 13.0. The van der Waals surface area contributed by atoms with Crippen LogP contribution in [0.4, 0.5) is 15.8 Å². The van der Waals surface area contributed by atoms with Crippen molar-refractivity contribution in [1.29, 1.82) is 0 Å². The molecule has 180 valence electrons. The van der Waals surface area contributed by atoms with Gasteiger partial charge in [0.05, 0.1) is 16.9 Å². The molecular weight excluding hydrogens is 463 g/mol. The highest BCUT2D eigenvalue weighted by molar-refractivity contribution is 5.89. The predicted molar refractivity (Wildman–Crippen MR) is 133 cm³/mol. The molecule has 0 spiro atoms. The van der Waals surface area contributed by atoms with Gasteiger partial charge in [0.1, 0.15) is 11.5 Å². The monoisotopic (exact) mass is 484 g/mol. The molecule has 0 amide bonds. The van der Waals surface area contributed by atoms with E-state index in [1.54, 1.807) is 43.3 Å². The maximum atomic E-state index is 13.7. The number of rotatable bonds is 5. The Morgan fingerprint density at radius 3 is 2.67 bits per heavy atom. The van der Waals surface area contributed by atoms with Crippen LogP contribution in [0, 0.1) is 12.7 Å². The van der Waals surface area contributed by atoms with Crippen LogP contribution in [0.2, 0.25) is 0 Å². The second-order valence-electron chi connectivity index (χ2n) is 8.47. The number of aromatic hydroxyl groups is 1. The Bertz CT molecular complexity index is 1630. The van der Waals surface area contributed by atoms with Gasteiger partial charge < -0.3 is 10.2 Å². The first-order valence-corrected chi connectivity index (χ1v) is 11.2. The van der Waals surface area contributed by atoms with Crippen molar-refractivity contribution < 1.29 is 19.4 Å². The lowest BCUT2D eigenvalue weighted by Gasteiger charge is -2.18. The number of carbonyl (C=O) groups is 1. The number of halogens is 1. The molecule has 36 heavy (non-hydrogen) atoms. The van der Waals surface area contributed by atoms with Crippen LogP contribution < -0.4 is 5.56 Å². The van der Waals surface area contributed by atoms with Crippen LogP contribution in [-0.2, 0) is 6.42 Å². The molecule has 0 saturated carbocycles. The highest BCUT2D eigenvalue weighted by Gasteiger charge is 2.18. The Hall–Kier alpha value is -4.79. The number of aromatic amines is 1. The van der Waals surface area contributed by atoms with E-state index in [2.05, 4.69) is 15.3 Å². The Kier molecular flexibility index (Phi) is 5.81. The number of aromatic nitrogens is 2. The van der Waals surface area contributed by atoms with Gasteiger partial charge in [-0.1, -0.05) is 30.3 Å². The summed E-state index contributed by atoms with van der Waals surface area (Å²) < 4.78 is 14.9. The lowest BCUT2D eigenvalue weighted by atomic mass is 9.88. The van der Waals surface area contributed by atoms with Crippen molar-refractivity contribution in [2.45, 2.75) is 19.8 Å². The Morgan fingerprint density at radius 1 is 1.06 bits per heavy atom. The number of carboxylic acid groups (broad SMARTS) is 1. The SMILES string of the molecule is Cc1[nH]n(-c2cccc(C(=O)O)c2)c(=O)c1N=Nc1cccc(C2=Cc3cc(F)ccc3CC2)c1O. The number of carboxylic acids is 1. The van der Waals surface area contributed by atoms with Crippen LogP contribution in [0.5, 0.6) is 5.75 Å². The Morgan fingerprint density at radius 2 is 1.86 bits per heavy atom. The number of allylic oxidation sites excluding steroid dienone is 1. The van der Waals surface area contributed by atoms with Crippen LogP contribution in [0.25, 0.3) is 17.3 Å². The molecule has 1 heterocycles. The number of nitrogens with one attached hydrogen (secondary N) is 1. The summed E-state index contributed by atoms with van der Waals surface area (Å²) >= 11 is 0. The predicted octanol–water partition coefficient (Wildman–Crippen LogP) is 5.92. The number of nitrogens with zero attached hydrogens (tertiary/aromatic N) is 3. The second kappa shape index (κ2) is 9.10. The Balaban J connectivity index is 1.48. The quantitative estimate of drug-likeness (QED) is 0.305. The zero-order valence-corrected chi connectivity index (χ0v) is 19.2. The van der Waals surface area contributed by atoms with Crippen LogP contribution in [0.15, 0.2) is 75.7 Å². The fraction of sp³-hybridized carbons (Fsp3) is 0.111. The van der Waals surface area contributed by atoms with Crippen molar-refractivity contribution in [2.75, 3.05) is 0 Å². The molecule has 4 aromatic rings. The molecule has 0 fully saturated rings. The third-order valence-corrected chi connectivity index (χ3v) is 6.11. The number of aromatic carboxylic acids is 1. The number of hydrogen-bond donors (Lipinski definition) is 3. The molecule has 0 bridgehead atoms. The molecule has 3 N–H and O–H groups in total. The van der Waals surface area contributed by atoms with Gasteiger partial charge in [-0.3, -0.25) is 9.89 Å². The number of H-pyrrole nitrogens is 1. The molecule has 8 nitrogen and oxygen atoms in total. The van der Waals surface area contributed by atoms with Gasteiger partial charge in [-0.05, 0) is 72.9 Å². The average Bonchev–Trinajstić information content (AvgIpc) is 3.16. The Labute approximate surface area is 204 Å². The van der Waals surface area contributed by atoms with Crippen LogP contribution >= 0.6 is 0 Å². The summed E-state index contributed by atoms with van der Waals surface area (Å²) in [5, 5.41) is 31.2. The average molecular weight is 484 g/mol. The minimum atomic E-state index is -1.11. The lowest BCUT2D eigenvalue weighted by molar-refractivity contribution is 0.0697. The van der Waals surface area contributed by atoms with Gasteiger partial charge in [0.15, 0.2) is 11.4 Å². The zero-order chi connectivity index (χ0) is 25.4. The molecule has 1 aliphatic rings. The summed E-state index contributed by atoms with van der Waals surface area (Å²) in [5.41, 5.74) is 3.74. The van der Waals surface area contributed by atoms with Gasteiger partial charge in [-0.2, -0.15) is 0 Å². The van der Waals surface area contributed by atoms with Crippen molar-refractivity contribution in [3.05, 3.63) is 105 Å². The van der Waals surface area contributed by atoms with Crippen LogP contribution in [0.3, 0.4) is 0 Å². The van der Waals surface area contributed by atoms with E-state index in [1.807, 2.05) is 6.08 Å². The van der Waals surface area contributed by atoms with Gasteiger partial charge in [0.2, 0.25) is 0 Å². The summed E-state index contributed by atoms with van der Waals surface area (Å²) in [6.45, 7) is 1.65. The number of phenols is 1. The number of aryl methyl sites for hydroxylation is 2. The zero-order valence-electron chi connectivity index (χ0n) is 19.2. The van der Waals surface area contributed by atoms with Crippen molar-refractivity contribution >= 4 is 29.0 Å². The molecule has 0 atom stereocenters. The summed E-state index contributed by atoms with van der Waals surface area (Å²) in [6, 6.07) is 15.7. The number of hydrogen-bond acceptors (Lipinski definition) is 5. The smallest absolute Gasteiger partial charge is 0.335 e. The van der Waals surface area contributed by atoms with Gasteiger partial charge in [0, 0.05) is 5.56 Å². The molecule has 0 saturated heterocycles. The van der Waals surface area contributed by atoms with Crippen molar-refractivity contribution in [2.24, 2.45) is 10.2 Å². The van der Waals surface area contributed by atoms with Gasteiger partial charge in [-0.25, -0.2) is 13.9 Å². The summed E-state index contributed by atoms with van der Waals surface area (Å²) in [7, 11) is 0. The number of benzene rings is 3.